The van der Waals surface area contributed by atoms with E-state index in [2.05, 4.69) is 92.9 Å². The SMILES string of the molecule is CC/C=C\C/C=C\C/C=C\C/C=C\C/C=C\CCCCCC(=O)OC1C(OCC(NC(=O)C(O)CCCC/C=C/C=C\C=C/C=C/C=C/CC)C(O)/C=C/CCCCCCCCCCCC)OC(CO)C(O)C1O. The number of carbonyl (C=O) groups excluding carboxylic acids is 2. The Bertz CT molecular complexity index is 1710. The topological polar surface area (TPSA) is 175 Å². The summed E-state index contributed by atoms with van der Waals surface area (Å²) in [5.41, 5.74) is 0. The second kappa shape index (κ2) is 49.7. The summed E-state index contributed by atoms with van der Waals surface area (Å²) >= 11 is 0. The third-order valence-corrected chi connectivity index (χ3v) is 12.4. The summed E-state index contributed by atoms with van der Waals surface area (Å²) in [6, 6.07) is -1.06. The number of ether oxygens (including phenoxy) is 3. The molecular weight excluding hydrogens is 931 g/mol. The van der Waals surface area contributed by atoms with E-state index in [1.165, 1.54) is 44.9 Å². The molecule has 0 radical (unpaired) electrons. The maximum absolute atomic E-state index is 13.4. The minimum Gasteiger partial charge on any atom is -0.454 e. The van der Waals surface area contributed by atoms with Crippen LogP contribution in [0.2, 0.25) is 0 Å². The van der Waals surface area contributed by atoms with Crippen molar-refractivity contribution in [2.75, 3.05) is 13.2 Å². The highest BCUT2D eigenvalue weighted by molar-refractivity contribution is 5.80. The molecule has 1 aliphatic rings. The van der Waals surface area contributed by atoms with Crippen LogP contribution in [0.25, 0.3) is 0 Å². The van der Waals surface area contributed by atoms with Crippen LogP contribution in [0.15, 0.2) is 134 Å². The number of aliphatic hydroxyl groups excluding tert-OH is 5. The first kappa shape index (κ1) is 67.8. The monoisotopic (exact) mass is 1030 g/mol. The lowest BCUT2D eigenvalue weighted by Crippen LogP contribution is -2.61. The van der Waals surface area contributed by atoms with Gasteiger partial charge in [0.2, 0.25) is 5.91 Å². The van der Waals surface area contributed by atoms with Crippen molar-refractivity contribution in [3.8, 4) is 0 Å². The van der Waals surface area contributed by atoms with Crippen LogP contribution < -0.4 is 5.32 Å². The lowest BCUT2D eigenvalue weighted by molar-refractivity contribution is -0.305. The van der Waals surface area contributed by atoms with Gasteiger partial charge in [-0.3, -0.25) is 9.59 Å². The fourth-order valence-corrected chi connectivity index (χ4v) is 7.93. The number of aliphatic hydroxyl groups is 5. The zero-order valence-electron chi connectivity index (χ0n) is 45.9. The van der Waals surface area contributed by atoms with Crippen molar-refractivity contribution in [3.63, 3.8) is 0 Å². The molecule has 11 heteroatoms. The number of hydrogen-bond donors (Lipinski definition) is 6. The summed E-state index contributed by atoms with van der Waals surface area (Å²) < 4.78 is 17.5. The van der Waals surface area contributed by atoms with Crippen LogP contribution in [0.1, 0.15) is 188 Å². The smallest absolute Gasteiger partial charge is 0.306 e. The highest BCUT2D eigenvalue weighted by Crippen LogP contribution is 2.26. The van der Waals surface area contributed by atoms with Crippen LogP contribution in [0.3, 0.4) is 0 Å². The molecule has 6 N–H and O–H groups in total. The van der Waals surface area contributed by atoms with Gasteiger partial charge in [0.15, 0.2) is 12.4 Å². The molecule has 11 nitrogen and oxygen atoms in total. The van der Waals surface area contributed by atoms with Gasteiger partial charge in [-0.25, -0.2) is 0 Å². The predicted molar refractivity (Wildman–Crippen MR) is 305 cm³/mol. The number of hydrogen-bond acceptors (Lipinski definition) is 10. The Morgan fingerprint density at radius 3 is 1.62 bits per heavy atom. The molecule has 0 spiro atoms. The van der Waals surface area contributed by atoms with Gasteiger partial charge in [-0.15, -0.1) is 0 Å². The summed E-state index contributed by atoms with van der Waals surface area (Å²) in [5.74, 6) is -1.29. The van der Waals surface area contributed by atoms with Gasteiger partial charge in [-0.2, -0.15) is 0 Å². The van der Waals surface area contributed by atoms with Crippen molar-refractivity contribution in [1.29, 1.82) is 0 Å². The standard InChI is InChI=1S/C63H101NO10/c1-4-7-10-13-16-19-22-25-27-28-29-30-31-33-36-39-42-45-48-51-58(68)74-61-60(70)59(69)57(52-65)73-63(61)72-53-54(55(66)49-46-43-40-37-34-24-21-18-15-12-9-6-3)64-62(71)56(67)50-47-44-41-38-35-32-26-23-20-17-14-11-8-5-2/h7-8,10-11,14,16-17,19-20,23,25-27,29-30,32-33,35-36,38,46,49,54-57,59-61,63,65-67,69-70H,4-6,9,12-13,15,18,21-22,24,28,31,34,37,39-45,47-48,50-53H2,1-3H3,(H,64,71)/b10-7-,11-8+,17-14+,19-16-,23-20-,27-25-,30-29-,32-26-,36-33-,38-35+,49-46+. The van der Waals surface area contributed by atoms with E-state index < -0.39 is 67.4 Å². The van der Waals surface area contributed by atoms with Crippen molar-refractivity contribution in [3.05, 3.63) is 134 Å². The normalized spacial score (nSPS) is 20.4. The molecule has 1 saturated heterocycles. The van der Waals surface area contributed by atoms with Gasteiger partial charge in [0.25, 0.3) is 0 Å². The Morgan fingerprint density at radius 1 is 0.554 bits per heavy atom. The van der Waals surface area contributed by atoms with E-state index in [4.69, 9.17) is 14.2 Å². The molecule has 1 amide bonds. The number of esters is 1. The van der Waals surface area contributed by atoms with Gasteiger partial charge in [0, 0.05) is 6.42 Å². The molecule has 0 saturated carbocycles. The van der Waals surface area contributed by atoms with E-state index in [1.807, 2.05) is 60.8 Å². The maximum atomic E-state index is 13.4. The molecule has 0 aromatic rings. The molecule has 418 valence electrons. The largest absolute Gasteiger partial charge is 0.454 e. The second-order valence-corrected chi connectivity index (χ2v) is 19.0. The number of rotatable bonds is 45. The van der Waals surface area contributed by atoms with E-state index in [0.29, 0.717) is 12.8 Å². The van der Waals surface area contributed by atoms with Crippen molar-refractivity contribution < 1.29 is 49.3 Å². The van der Waals surface area contributed by atoms with E-state index in [1.54, 1.807) is 6.08 Å². The second-order valence-electron chi connectivity index (χ2n) is 19.0. The predicted octanol–water partition coefficient (Wildman–Crippen LogP) is 12.9. The molecule has 1 rings (SSSR count). The molecule has 0 aromatic carbocycles. The van der Waals surface area contributed by atoms with Crippen LogP contribution in [-0.2, 0) is 23.8 Å². The van der Waals surface area contributed by atoms with Gasteiger partial charge in [0.1, 0.15) is 24.4 Å². The zero-order valence-corrected chi connectivity index (χ0v) is 45.9. The van der Waals surface area contributed by atoms with Crippen LogP contribution in [-0.4, -0.2) is 99.6 Å². The minimum atomic E-state index is -1.64. The Hall–Kier alpha value is -4.20. The van der Waals surface area contributed by atoms with Crippen molar-refractivity contribution in [1.82, 2.24) is 5.32 Å². The maximum Gasteiger partial charge on any atom is 0.306 e. The molecule has 0 aliphatic carbocycles. The Balaban J connectivity index is 2.79. The lowest BCUT2D eigenvalue weighted by Gasteiger charge is -2.41. The molecular formula is C63H101NO10. The average molecular weight is 1030 g/mol. The molecule has 1 fully saturated rings. The Labute approximate surface area is 448 Å². The summed E-state index contributed by atoms with van der Waals surface area (Å²) in [4.78, 5) is 26.4. The first-order chi connectivity index (χ1) is 36.2. The summed E-state index contributed by atoms with van der Waals surface area (Å²) in [5, 5.41) is 56.7. The number of nitrogens with one attached hydrogen (secondary N) is 1. The fourth-order valence-electron chi connectivity index (χ4n) is 7.93. The number of carbonyl (C=O) groups is 2. The van der Waals surface area contributed by atoms with Gasteiger partial charge >= 0.3 is 5.97 Å². The van der Waals surface area contributed by atoms with Crippen molar-refractivity contribution >= 4 is 11.9 Å². The fraction of sp³-hybridized carbons (Fsp3) is 0.619. The van der Waals surface area contributed by atoms with Crippen LogP contribution in [0.5, 0.6) is 0 Å². The summed E-state index contributed by atoms with van der Waals surface area (Å²) in [7, 11) is 0. The number of amides is 1. The molecule has 0 bridgehead atoms. The van der Waals surface area contributed by atoms with E-state index in [9.17, 15) is 35.1 Å². The highest BCUT2D eigenvalue weighted by Gasteiger charge is 2.47. The highest BCUT2D eigenvalue weighted by atomic mass is 16.7. The minimum absolute atomic E-state index is 0.0703. The number of unbranched alkanes of at least 4 members (excludes halogenated alkanes) is 15. The van der Waals surface area contributed by atoms with Crippen LogP contribution in [0, 0.1) is 0 Å². The molecule has 1 aliphatic heterocycles. The third-order valence-electron chi connectivity index (χ3n) is 12.4. The molecule has 8 unspecified atom stereocenters. The van der Waals surface area contributed by atoms with Gasteiger partial charge in [0.05, 0.1) is 25.4 Å². The van der Waals surface area contributed by atoms with Gasteiger partial charge in [-0.1, -0.05) is 225 Å². The summed E-state index contributed by atoms with van der Waals surface area (Å²) in [6.45, 7) is 5.45. The molecule has 8 atom stereocenters. The van der Waals surface area contributed by atoms with Crippen LogP contribution in [0.4, 0.5) is 0 Å². The lowest BCUT2D eigenvalue weighted by atomic mass is 9.99. The molecule has 1 heterocycles. The van der Waals surface area contributed by atoms with Crippen LogP contribution >= 0.6 is 0 Å². The first-order valence-electron chi connectivity index (χ1n) is 28.5. The van der Waals surface area contributed by atoms with Crippen molar-refractivity contribution in [2.45, 2.75) is 237 Å². The third kappa shape index (κ3) is 37.5. The first-order valence-corrected chi connectivity index (χ1v) is 28.5. The summed E-state index contributed by atoms with van der Waals surface area (Å²) in [6.07, 6.45) is 59.2. The average Bonchev–Trinajstić information content (AvgIpc) is 3.40. The Morgan fingerprint density at radius 2 is 1.04 bits per heavy atom. The number of allylic oxidation sites excluding steroid dienone is 21. The quantitative estimate of drug-likeness (QED) is 0.0149. The zero-order chi connectivity index (χ0) is 54.0. The van der Waals surface area contributed by atoms with E-state index >= 15 is 0 Å². The molecule has 74 heavy (non-hydrogen) atoms. The van der Waals surface area contributed by atoms with E-state index in [0.717, 1.165) is 96.3 Å². The Kier molecular flexibility index (Phi) is 45.5. The van der Waals surface area contributed by atoms with Crippen molar-refractivity contribution in [2.24, 2.45) is 0 Å². The van der Waals surface area contributed by atoms with E-state index in [-0.39, 0.29) is 19.4 Å². The van der Waals surface area contributed by atoms with Gasteiger partial charge < -0.3 is 45.1 Å². The van der Waals surface area contributed by atoms with Gasteiger partial charge in [-0.05, 0) is 89.9 Å². The molecule has 0 aromatic heterocycles.